The van der Waals surface area contributed by atoms with Gasteiger partial charge in [-0.05, 0) is 104 Å². The molecule has 59 heavy (non-hydrogen) atoms. The van der Waals surface area contributed by atoms with Crippen molar-refractivity contribution in [2.24, 2.45) is 0 Å². The summed E-state index contributed by atoms with van der Waals surface area (Å²) in [6, 6.07) is 76.9. The molecule has 2 heterocycles. The van der Waals surface area contributed by atoms with Crippen LogP contribution in [0.15, 0.2) is 217 Å². The number of thiophene rings is 1. The molecule has 0 radical (unpaired) electrons. The topological polar surface area (TPSA) is 16.4 Å². The number of nitrogens with zero attached hydrogens (tertiary/aromatic N) is 1. The highest BCUT2D eigenvalue weighted by molar-refractivity contribution is 7.25. The fourth-order valence-electron chi connectivity index (χ4n) is 8.97. The Balaban J connectivity index is 1.05. The van der Waals surface area contributed by atoms with Crippen molar-refractivity contribution < 1.29 is 4.42 Å². The monoisotopic (exact) mass is 769 g/mol. The average Bonchev–Trinajstić information content (AvgIpc) is 3.88. The van der Waals surface area contributed by atoms with E-state index < -0.39 is 0 Å². The summed E-state index contributed by atoms with van der Waals surface area (Å²) >= 11 is 1.86. The van der Waals surface area contributed by atoms with Gasteiger partial charge in [0.15, 0.2) is 0 Å². The zero-order chi connectivity index (χ0) is 38.9. The van der Waals surface area contributed by atoms with Crippen LogP contribution in [0.1, 0.15) is 0 Å². The Morgan fingerprint density at radius 3 is 1.75 bits per heavy atom. The minimum Gasteiger partial charge on any atom is -0.455 e. The number of hydrogen-bond acceptors (Lipinski definition) is 3. The maximum absolute atomic E-state index is 6.78. The number of hydrogen-bond donors (Lipinski definition) is 0. The van der Waals surface area contributed by atoms with E-state index in [0.29, 0.717) is 0 Å². The van der Waals surface area contributed by atoms with E-state index >= 15 is 0 Å². The molecule has 3 heteroatoms. The van der Waals surface area contributed by atoms with E-state index in [0.717, 1.165) is 50.1 Å². The SMILES string of the molecule is c1ccc(-c2ccc3c(c2)sc2cc(N(c4ccc(-c5ccc6ccc7ccccc7c6c5)cc4)c4ccc(-c5ccccc5)c5oc6ccccc6c45)ccc23)cc1. The molecule has 0 saturated heterocycles. The van der Waals surface area contributed by atoms with E-state index in [4.69, 9.17) is 4.42 Å². The van der Waals surface area contributed by atoms with Gasteiger partial charge in [0, 0.05) is 42.5 Å². The van der Waals surface area contributed by atoms with Gasteiger partial charge in [0.05, 0.1) is 11.1 Å². The van der Waals surface area contributed by atoms with Crippen molar-refractivity contribution in [1.82, 2.24) is 0 Å². The fourth-order valence-corrected chi connectivity index (χ4v) is 10.1. The Hall–Kier alpha value is -7.46. The summed E-state index contributed by atoms with van der Waals surface area (Å²) in [5.74, 6) is 0. The third-order valence-electron chi connectivity index (χ3n) is 11.9. The maximum atomic E-state index is 6.78. The summed E-state index contributed by atoms with van der Waals surface area (Å²) in [6.45, 7) is 0. The third kappa shape index (κ3) is 5.62. The van der Waals surface area contributed by atoms with Crippen LogP contribution in [-0.2, 0) is 0 Å². The molecule has 12 aromatic rings. The van der Waals surface area contributed by atoms with E-state index in [1.54, 1.807) is 0 Å². The smallest absolute Gasteiger partial charge is 0.145 e. The molecule has 0 fully saturated rings. The number of para-hydroxylation sites is 1. The molecular formula is C56H35NOS. The molecule has 0 bridgehead atoms. The standard InChI is InChI=1S/C56H35NOS/c1-3-11-36(12-4-1)42-25-29-47-48-30-28-44(35-54(48)59-53(47)34-42)57(51-32-31-46(38-13-5-2-6-14-38)56-55(51)49-17-9-10-18-52(49)58-56)43-26-23-37(24-27-43)41-22-21-40-20-19-39-15-7-8-16-45(39)50(40)33-41/h1-35H. The first kappa shape index (κ1) is 33.7. The van der Waals surface area contributed by atoms with E-state index in [-0.39, 0.29) is 0 Å². The van der Waals surface area contributed by atoms with Gasteiger partial charge < -0.3 is 9.32 Å². The molecule has 12 rings (SSSR count). The lowest BCUT2D eigenvalue weighted by Gasteiger charge is -2.27. The van der Waals surface area contributed by atoms with Gasteiger partial charge in [-0.2, -0.15) is 0 Å². The van der Waals surface area contributed by atoms with Crippen LogP contribution < -0.4 is 4.90 Å². The Morgan fingerprint density at radius 2 is 0.932 bits per heavy atom. The largest absolute Gasteiger partial charge is 0.455 e. The second-order valence-electron chi connectivity index (χ2n) is 15.3. The van der Waals surface area contributed by atoms with Gasteiger partial charge in [-0.1, -0.05) is 158 Å². The van der Waals surface area contributed by atoms with Gasteiger partial charge in [0.2, 0.25) is 0 Å². The van der Waals surface area contributed by atoms with E-state index in [9.17, 15) is 0 Å². The fraction of sp³-hybridized carbons (Fsp3) is 0. The zero-order valence-electron chi connectivity index (χ0n) is 32.0. The first-order valence-electron chi connectivity index (χ1n) is 20.1. The van der Waals surface area contributed by atoms with Gasteiger partial charge in [-0.15, -0.1) is 11.3 Å². The van der Waals surface area contributed by atoms with Crippen molar-refractivity contribution in [3.05, 3.63) is 212 Å². The summed E-state index contributed by atoms with van der Waals surface area (Å²) in [5.41, 5.74) is 12.0. The van der Waals surface area contributed by atoms with Gasteiger partial charge in [0.25, 0.3) is 0 Å². The van der Waals surface area contributed by atoms with Crippen molar-refractivity contribution in [3.8, 4) is 33.4 Å². The highest BCUT2D eigenvalue weighted by Crippen LogP contribution is 2.48. The van der Waals surface area contributed by atoms with Crippen LogP contribution in [0.3, 0.4) is 0 Å². The number of benzene rings is 10. The number of fused-ring (bicyclic) bond motifs is 9. The summed E-state index contributed by atoms with van der Waals surface area (Å²) in [5, 5.41) is 9.79. The first-order chi connectivity index (χ1) is 29.2. The van der Waals surface area contributed by atoms with Crippen LogP contribution in [0.2, 0.25) is 0 Å². The minimum absolute atomic E-state index is 0.875. The predicted octanol–water partition coefficient (Wildman–Crippen LogP) is 16.7. The molecule has 2 aromatic heterocycles. The average molecular weight is 770 g/mol. The highest BCUT2D eigenvalue weighted by Gasteiger charge is 2.23. The second-order valence-corrected chi connectivity index (χ2v) is 16.3. The lowest BCUT2D eigenvalue weighted by Crippen LogP contribution is -2.10. The van der Waals surface area contributed by atoms with Crippen molar-refractivity contribution in [1.29, 1.82) is 0 Å². The summed E-state index contributed by atoms with van der Waals surface area (Å²) in [4.78, 5) is 2.41. The molecule has 0 aliphatic carbocycles. The molecule has 0 spiro atoms. The highest BCUT2D eigenvalue weighted by atomic mass is 32.1. The van der Waals surface area contributed by atoms with Crippen LogP contribution in [0, 0.1) is 0 Å². The van der Waals surface area contributed by atoms with Crippen molar-refractivity contribution in [2.45, 2.75) is 0 Å². The Morgan fingerprint density at radius 1 is 0.356 bits per heavy atom. The zero-order valence-corrected chi connectivity index (χ0v) is 32.8. The van der Waals surface area contributed by atoms with Crippen molar-refractivity contribution in [3.63, 3.8) is 0 Å². The predicted molar refractivity (Wildman–Crippen MR) is 253 cm³/mol. The maximum Gasteiger partial charge on any atom is 0.145 e. The quantitative estimate of drug-likeness (QED) is 0.157. The molecule has 0 amide bonds. The van der Waals surface area contributed by atoms with E-state index in [2.05, 4.69) is 217 Å². The first-order valence-corrected chi connectivity index (χ1v) is 20.9. The van der Waals surface area contributed by atoms with E-state index in [1.165, 1.54) is 64.0 Å². The molecule has 0 N–H and O–H groups in total. The lowest BCUT2D eigenvalue weighted by atomic mass is 9.97. The molecule has 0 saturated carbocycles. The van der Waals surface area contributed by atoms with Crippen molar-refractivity contribution >= 4 is 92.1 Å². The molecule has 0 unspecified atom stereocenters. The van der Waals surface area contributed by atoms with Gasteiger partial charge in [0.1, 0.15) is 11.2 Å². The van der Waals surface area contributed by atoms with Crippen molar-refractivity contribution in [2.75, 3.05) is 4.90 Å². The Labute approximate surface area is 345 Å². The van der Waals surface area contributed by atoms with Gasteiger partial charge >= 0.3 is 0 Å². The Kier molecular flexibility index (Phi) is 7.75. The molecule has 0 aliphatic rings. The molecule has 0 atom stereocenters. The second kappa shape index (κ2) is 13.6. The van der Waals surface area contributed by atoms with Gasteiger partial charge in [-0.3, -0.25) is 0 Å². The van der Waals surface area contributed by atoms with E-state index in [1.807, 2.05) is 11.3 Å². The molecule has 276 valence electrons. The molecule has 2 nitrogen and oxygen atoms in total. The lowest BCUT2D eigenvalue weighted by molar-refractivity contribution is 0.670. The number of rotatable bonds is 6. The molecule has 0 aliphatic heterocycles. The number of furan rings is 1. The molecular weight excluding hydrogens is 735 g/mol. The molecule has 10 aromatic carbocycles. The van der Waals surface area contributed by atoms with Gasteiger partial charge in [-0.25, -0.2) is 0 Å². The minimum atomic E-state index is 0.875. The van der Waals surface area contributed by atoms with Crippen LogP contribution in [0.5, 0.6) is 0 Å². The normalized spacial score (nSPS) is 11.7. The summed E-state index contributed by atoms with van der Waals surface area (Å²) in [7, 11) is 0. The summed E-state index contributed by atoms with van der Waals surface area (Å²) in [6.07, 6.45) is 0. The Bertz CT molecular complexity index is 3550. The van der Waals surface area contributed by atoms with Crippen LogP contribution in [-0.4, -0.2) is 0 Å². The van der Waals surface area contributed by atoms with Crippen LogP contribution in [0.4, 0.5) is 17.1 Å². The van der Waals surface area contributed by atoms with Crippen LogP contribution in [0.25, 0.3) is 97.0 Å². The third-order valence-corrected chi connectivity index (χ3v) is 13.0. The van der Waals surface area contributed by atoms with Crippen LogP contribution >= 0.6 is 11.3 Å². The summed E-state index contributed by atoms with van der Waals surface area (Å²) < 4.78 is 9.31. The number of anilines is 3.